The van der Waals surface area contributed by atoms with Crippen LogP contribution in [-0.2, 0) is 9.59 Å². The van der Waals surface area contributed by atoms with Crippen LogP contribution in [0.25, 0.3) is 0 Å². The summed E-state index contributed by atoms with van der Waals surface area (Å²) in [4.78, 5) is 21.4. The van der Waals surface area contributed by atoms with Crippen molar-refractivity contribution >= 4 is 11.9 Å². The molecule has 0 saturated carbocycles. The average molecular weight is 188 g/mol. The fraction of sp³-hybridized carbons (Fsp3) is 0.750. The van der Waals surface area contributed by atoms with Gasteiger partial charge in [0.15, 0.2) is 0 Å². The van der Waals surface area contributed by atoms with E-state index in [1.54, 1.807) is 13.8 Å². The van der Waals surface area contributed by atoms with Gasteiger partial charge in [-0.1, -0.05) is 6.92 Å². The highest BCUT2D eigenvalue weighted by molar-refractivity contribution is 5.82. The Balaban J connectivity index is 3.84. The number of hydrogen-bond donors (Lipinski definition) is 3. The van der Waals surface area contributed by atoms with Crippen LogP contribution in [0.5, 0.6) is 0 Å². The third-order valence-corrected chi connectivity index (χ3v) is 1.65. The highest BCUT2D eigenvalue weighted by atomic mass is 16.4. The van der Waals surface area contributed by atoms with Crippen molar-refractivity contribution in [2.45, 2.75) is 38.8 Å². The second-order valence-electron chi connectivity index (χ2n) is 3.02. The molecule has 0 bridgehead atoms. The molecule has 0 aromatic rings. The molecule has 5 heteroatoms. The van der Waals surface area contributed by atoms with E-state index in [9.17, 15) is 9.59 Å². The van der Waals surface area contributed by atoms with Gasteiger partial charge in [-0.05, 0) is 13.3 Å². The third-order valence-electron chi connectivity index (χ3n) is 1.65. The summed E-state index contributed by atoms with van der Waals surface area (Å²) >= 11 is 0. The van der Waals surface area contributed by atoms with Gasteiger partial charge in [0.1, 0.15) is 0 Å². The second kappa shape index (κ2) is 5.53. The van der Waals surface area contributed by atoms with Crippen LogP contribution in [0.2, 0.25) is 0 Å². The quantitative estimate of drug-likeness (QED) is 0.552. The number of carbonyl (C=O) groups is 2. The number of amides is 1. The summed E-state index contributed by atoms with van der Waals surface area (Å²) in [5, 5.41) is 10.9. The monoisotopic (exact) mass is 188 g/mol. The lowest BCUT2D eigenvalue weighted by Crippen LogP contribution is -2.44. The van der Waals surface area contributed by atoms with Crippen LogP contribution in [0.4, 0.5) is 0 Å². The molecule has 0 fully saturated rings. The van der Waals surface area contributed by atoms with Crippen LogP contribution < -0.4 is 11.1 Å². The first-order valence-corrected chi connectivity index (χ1v) is 4.25. The second-order valence-corrected chi connectivity index (χ2v) is 3.02. The van der Waals surface area contributed by atoms with E-state index >= 15 is 0 Å². The molecule has 0 aliphatic heterocycles. The molecule has 2 atom stereocenters. The van der Waals surface area contributed by atoms with Crippen LogP contribution in [0.1, 0.15) is 26.7 Å². The Morgan fingerprint density at radius 3 is 2.46 bits per heavy atom. The van der Waals surface area contributed by atoms with Crippen molar-refractivity contribution in [2.24, 2.45) is 5.73 Å². The molecular formula is C8H16N2O3. The van der Waals surface area contributed by atoms with Crippen molar-refractivity contribution in [3.63, 3.8) is 0 Å². The topological polar surface area (TPSA) is 92.4 Å². The smallest absolute Gasteiger partial charge is 0.305 e. The molecular weight excluding hydrogens is 172 g/mol. The molecule has 4 N–H and O–H groups in total. The Bertz CT molecular complexity index is 194. The Hall–Kier alpha value is -1.10. The predicted octanol–water partition coefficient (Wildman–Crippen LogP) is -0.297. The Morgan fingerprint density at radius 2 is 2.08 bits per heavy atom. The number of hydrogen-bond acceptors (Lipinski definition) is 3. The lowest BCUT2D eigenvalue weighted by molar-refractivity contribution is -0.137. The summed E-state index contributed by atoms with van der Waals surface area (Å²) in [5.41, 5.74) is 5.44. The number of rotatable bonds is 5. The van der Waals surface area contributed by atoms with Gasteiger partial charge in [-0.2, -0.15) is 0 Å². The first kappa shape index (κ1) is 11.9. The molecule has 0 spiro atoms. The summed E-state index contributed by atoms with van der Waals surface area (Å²) in [7, 11) is 0. The summed E-state index contributed by atoms with van der Waals surface area (Å²) in [6.45, 7) is 3.43. The average Bonchev–Trinajstić information content (AvgIpc) is 2.01. The molecule has 0 aromatic heterocycles. The minimum Gasteiger partial charge on any atom is -0.481 e. The number of carboxylic acid groups (broad SMARTS) is 1. The van der Waals surface area contributed by atoms with Crippen LogP contribution in [0.3, 0.4) is 0 Å². The fourth-order valence-corrected chi connectivity index (χ4v) is 0.848. The van der Waals surface area contributed by atoms with E-state index in [2.05, 4.69) is 5.32 Å². The lowest BCUT2D eigenvalue weighted by Gasteiger charge is -2.14. The molecule has 0 aromatic carbocycles. The van der Waals surface area contributed by atoms with Gasteiger partial charge >= 0.3 is 5.97 Å². The van der Waals surface area contributed by atoms with E-state index in [1.807, 2.05) is 0 Å². The first-order valence-electron chi connectivity index (χ1n) is 4.25. The number of carbonyl (C=O) groups excluding carboxylic acids is 1. The molecule has 0 aliphatic rings. The van der Waals surface area contributed by atoms with Gasteiger partial charge in [0.25, 0.3) is 0 Å². The van der Waals surface area contributed by atoms with Crippen molar-refractivity contribution in [3.8, 4) is 0 Å². The first-order chi connectivity index (χ1) is 5.97. The standard InChI is InChI=1S/C8H16N2O3/c1-3-6(9)8(13)10-5(2)4-7(11)12/h5-6H,3-4,9H2,1-2H3,(H,10,13)(H,11,12). The molecule has 0 aliphatic carbocycles. The number of nitrogens with one attached hydrogen (secondary N) is 1. The maximum atomic E-state index is 11.1. The molecule has 5 nitrogen and oxygen atoms in total. The van der Waals surface area contributed by atoms with Gasteiger partial charge in [0.05, 0.1) is 12.5 Å². The van der Waals surface area contributed by atoms with Gasteiger partial charge in [0.2, 0.25) is 5.91 Å². The Morgan fingerprint density at radius 1 is 1.54 bits per heavy atom. The fourth-order valence-electron chi connectivity index (χ4n) is 0.848. The maximum Gasteiger partial charge on any atom is 0.305 e. The molecule has 0 heterocycles. The summed E-state index contributed by atoms with van der Waals surface area (Å²) in [6.07, 6.45) is 0.466. The third kappa shape index (κ3) is 5.19. The van der Waals surface area contributed by atoms with E-state index in [-0.39, 0.29) is 18.4 Å². The van der Waals surface area contributed by atoms with E-state index in [1.165, 1.54) is 0 Å². The highest BCUT2D eigenvalue weighted by Crippen LogP contribution is 1.93. The molecule has 0 radical (unpaired) electrons. The predicted molar refractivity (Wildman–Crippen MR) is 48.1 cm³/mol. The maximum absolute atomic E-state index is 11.1. The molecule has 0 saturated heterocycles. The van der Waals surface area contributed by atoms with Crippen molar-refractivity contribution in [3.05, 3.63) is 0 Å². The van der Waals surface area contributed by atoms with Gasteiger partial charge in [-0.15, -0.1) is 0 Å². The van der Waals surface area contributed by atoms with Crippen LogP contribution in [0, 0.1) is 0 Å². The zero-order valence-electron chi connectivity index (χ0n) is 7.91. The molecule has 1 amide bonds. The van der Waals surface area contributed by atoms with Gasteiger partial charge in [-0.25, -0.2) is 0 Å². The minimum atomic E-state index is -0.933. The number of nitrogens with two attached hydrogens (primary N) is 1. The Labute approximate surface area is 77.3 Å². The summed E-state index contributed by atoms with van der Waals surface area (Å²) in [5.74, 6) is -1.23. The van der Waals surface area contributed by atoms with Crippen LogP contribution >= 0.6 is 0 Å². The summed E-state index contributed by atoms with van der Waals surface area (Å²) in [6, 6.07) is -0.918. The SMILES string of the molecule is CCC(N)C(=O)NC(C)CC(=O)O. The van der Waals surface area contributed by atoms with Crippen molar-refractivity contribution in [2.75, 3.05) is 0 Å². The highest BCUT2D eigenvalue weighted by Gasteiger charge is 2.15. The van der Waals surface area contributed by atoms with E-state index in [0.717, 1.165) is 0 Å². The number of aliphatic carboxylic acids is 1. The van der Waals surface area contributed by atoms with Gasteiger partial charge in [0, 0.05) is 6.04 Å². The largest absolute Gasteiger partial charge is 0.481 e. The lowest BCUT2D eigenvalue weighted by atomic mass is 10.2. The minimum absolute atomic E-state index is 0.0812. The molecule has 76 valence electrons. The Kier molecular flexibility index (Phi) is 5.06. The molecule has 0 rings (SSSR count). The van der Waals surface area contributed by atoms with Crippen molar-refractivity contribution in [1.29, 1.82) is 0 Å². The zero-order chi connectivity index (χ0) is 10.4. The zero-order valence-corrected chi connectivity index (χ0v) is 7.91. The van der Waals surface area contributed by atoms with E-state index in [4.69, 9.17) is 10.8 Å². The number of carboxylic acids is 1. The van der Waals surface area contributed by atoms with Gasteiger partial charge < -0.3 is 16.2 Å². The van der Waals surface area contributed by atoms with Gasteiger partial charge in [-0.3, -0.25) is 9.59 Å². The normalized spacial score (nSPS) is 14.7. The van der Waals surface area contributed by atoms with Crippen molar-refractivity contribution in [1.82, 2.24) is 5.32 Å². The van der Waals surface area contributed by atoms with Crippen molar-refractivity contribution < 1.29 is 14.7 Å². The van der Waals surface area contributed by atoms with E-state index in [0.29, 0.717) is 6.42 Å². The summed E-state index contributed by atoms with van der Waals surface area (Å²) < 4.78 is 0. The van der Waals surface area contributed by atoms with Crippen LogP contribution in [-0.4, -0.2) is 29.1 Å². The molecule has 13 heavy (non-hydrogen) atoms. The molecule has 2 unspecified atom stereocenters. The van der Waals surface area contributed by atoms with E-state index < -0.39 is 12.0 Å². The van der Waals surface area contributed by atoms with Crippen LogP contribution in [0.15, 0.2) is 0 Å².